The Kier molecular flexibility index (Phi) is 10.2. The first-order valence-corrected chi connectivity index (χ1v) is 15.4. The molecule has 0 aliphatic rings. The van der Waals surface area contributed by atoms with Crippen LogP contribution in [0.5, 0.6) is 0 Å². The molecule has 3 rings (SSSR count). The number of hydrogen-bond donors (Lipinski definition) is 1. The van der Waals surface area contributed by atoms with Crippen molar-refractivity contribution in [3.8, 4) is 0 Å². The Bertz CT molecular complexity index is 1410. The highest BCUT2D eigenvalue weighted by molar-refractivity contribution is 9.10. The SMILES string of the molecule is CC(C)(C)NC(=O)C(Cc1ccccc1)N(Cc1cccc(Br)c1)C(=O)CN(c1ccccc1Cl)S(C)(=O)=O. The second kappa shape index (κ2) is 13.0. The zero-order valence-corrected chi connectivity index (χ0v) is 25.6. The molecule has 208 valence electrons. The van der Waals surface area contributed by atoms with Gasteiger partial charge >= 0.3 is 0 Å². The summed E-state index contributed by atoms with van der Waals surface area (Å²) < 4.78 is 27.5. The summed E-state index contributed by atoms with van der Waals surface area (Å²) in [6.45, 7) is 5.17. The molecule has 10 heteroatoms. The lowest BCUT2D eigenvalue weighted by molar-refractivity contribution is -0.140. The van der Waals surface area contributed by atoms with Gasteiger partial charge in [-0.3, -0.25) is 13.9 Å². The quantitative estimate of drug-likeness (QED) is 0.323. The molecule has 0 saturated heterocycles. The van der Waals surface area contributed by atoms with Crippen molar-refractivity contribution in [2.45, 2.75) is 45.3 Å². The Morgan fingerprint density at radius 1 is 0.949 bits per heavy atom. The number of rotatable bonds is 10. The topological polar surface area (TPSA) is 86.8 Å². The highest BCUT2D eigenvalue weighted by Gasteiger charge is 2.34. The van der Waals surface area contributed by atoms with Crippen molar-refractivity contribution in [1.82, 2.24) is 10.2 Å². The zero-order valence-electron chi connectivity index (χ0n) is 22.4. The smallest absolute Gasteiger partial charge is 0.244 e. The summed E-state index contributed by atoms with van der Waals surface area (Å²) in [7, 11) is -3.89. The van der Waals surface area contributed by atoms with E-state index >= 15 is 0 Å². The number of para-hydroxylation sites is 1. The molecular formula is C29H33BrClN3O4S. The third-order valence-corrected chi connectivity index (χ3v) is 7.75. The van der Waals surface area contributed by atoms with Gasteiger partial charge in [0, 0.05) is 23.0 Å². The zero-order chi connectivity index (χ0) is 28.8. The van der Waals surface area contributed by atoms with E-state index in [0.29, 0.717) is 0 Å². The second-order valence-electron chi connectivity index (χ2n) is 10.3. The number of carbonyl (C=O) groups is 2. The minimum atomic E-state index is -3.89. The fourth-order valence-electron chi connectivity index (χ4n) is 4.09. The summed E-state index contributed by atoms with van der Waals surface area (Å²) in [5.74, 6) is -0.872. The normalized spacial score (nSPS) is 12.5. The molecule has 0 saturated carbocycles. The van der Waals surface area contributed by atoms with E-state index in [4.69, 9.17) is 11.6 Å². The van der Waals surface area contributed by atoms with Crippen molar-refractivity contribution in [3.05, 3.63) is 99.5 Å². The third kappa shape index (κ3) is 9.08. The third-order valence-electron chi connectivity index (χ3n) is 5.81. The van der Waals surface area contributed by atoms with Crippen LogP contribution in [0.4, 0.5) is 5.69 Å². The van der Waals surface area contributed by atoms with E-state index in [1.54, 1.807) is 24.3 Å². The van der Waals surface area contributed by atoms with Gasteiger partial charge in [0.25, 0.3) is 0 Å². The molecule has 39 heavy (non-hydrogen) atoms. The molecule has 3 aromatic rings. The molecule has 3 aromatic carbocycles. The van der Waals surface area contributed by atoms with E-state index in [1.807, 2.05) is 75.4 Å². The minimum absolute atomic E-state index is 0.0907. The Morgan fingerprint density at radius 3 is 2.15 bits per heavy atom. The molecule has 1 atom stereocenters. The van der Waals surface area contributed by atoms with Gasteiger partial charge in [-0.25, -0.2) is 8.42 Å². The highest BCUT2D eigenvalue weighted by Crippen LogP contribution is 2.28. The molecule has 0 spiro atoms. The maximum absolute atomic E-state index is 14.1. The van der Waals surface area contributed by atoms with Crippen LogP contribution >= 0.6 is 27.5 Å². The van der Waals surface area contributed by atoms with Crippen LogP contribution in [-0.2, 0) is 32.6 Å². The number of amides is 2. The highest BCUT2D eigenvalue weighted by atomic mass is 79.9. The van der Waals surface area contributed by atoms with Crippen molar-refractivity contribution >= 4 is 55.1 Å². The average molecular weight is 635 g/mol. The van der Waals surface area contributed by atoms with Crippen molar-refractivity contribution in [2.24, 2.45) is 0 Å². The lowest BCUT2D eigenvalue weighted by atomic mass is 10.0. The fraction of sp³-hybridized carbons (Fsp3) is 0.310. The molecule has 0 radical (unpaired) electrons. The first-order chi connectivity index (χ1) is 18.2. The first kappa shape index (κ1) is 30.7. The molecule has 0 heterocycles. The maximum Gasteiger partial charge on any atom is 0.244 e. The molecular weight excluding hydrogens is 602 g/mol. The van der Waals surface area contributed by atoms with Crippen LogP contribution in [0.2, 0.25) is 5.02 Å². The van der Waals surface area contributed by atoms with Gasteiger partial charge in [0.2, 0.25) is 21.8 Å². The van der Waals surface area contributed by atoms with Gasteiger partial charge in [0.05, 0.1) is 17.0 Å². The number of sulfonamides is 1. The predicted octanol–water partition coefficient (Wildman–Crippen LogP) is 5.42. The van der Waals surface area contributed by atoms with Crippen LogP contribution in [-0.4, -0.2) is 49.5 Å². The summed E-state index contributed by atoms with van der Waals surface area (Å²) in [5.41, 5.74) is 1.29. The molecule has 7 nitrogen and oxygen atoms in total. The maximum atomic E-state index is 14.1. The number of benzene rings is 3. The largest absolute Gasteiger partial charge is 0.350 e. The monoisotopic (exact) mass is 633 g/mol. The Morgan fingerprint density at radius 2 is 1.56 bits per heavy atom. The van der Waals surface area contributed by atoms with Gasteiger partial charge in [-0.1, -0.05) is 82.1 Å². The van der Waals surface area contributed by atoms with Crippen LogP contribution in [0, 0.1) is 0 Å². The van der Waals surface area contributed by atoms with Crippen LogP contribution in [0.1, 0.15) is 31.9 Å². The van der Waals surface area contributed by atoms with Crippen LogP contribution in [0.3, 0.4) is 0 Å². The van der Waals surface area contributed by atoms with E-state index in [-0.39, 0.29) is 29.6 Å². The summed E-state index contributed by atoms with van der Waals surface area (Å²) >= 11 is 9.80. The van der Waals surface area contributed by atoms with Crippen molar-refractivity contribution in [3.63, 3.8) is 0 Å². The molecule has 1 N–H and O–H groups in total. The van der Waals surface area contributed by atoms with Crippen LogP contribution in [0.25, 0.3) is 0 Å². The molecule has 0 aliphatic carbocycles. The minimum Gasteiger partial charge on any atom is -0.350 e. The molecule has 0 aliphatic heterocycles. The number of halogens is 2. The molecule has 2 amide bonds. The standard InChI is InChI=1S/C29H33BrClN3O4S/c1-29(2,3)32-28(36)26(18-21-11-6-5-7-12-21)33(19-22-13-10-14-23(30)17-22)27(35)20-34(39(4,37)38)25-16-9-8-15-24(25)31/h5-17,26H,18-20H2,1-4H3,(H,32,36). The van der Waals surface area contributed by atoms with E-state index in [2.05, 4.69) is 21.2 Å². The summed E-state index contributed by atoms with van der Waals surface area (Å²) in [6.07, 6.45) is 1.27. The Balaban J connectivity index is 2.09. The van der Waals surface area contributed by atoms with Crippen LogP contribution < -0.4 is 9.62 Å². The Labute approximate surface area is 244 Å². The summed E-state index contributed by atoms with van der Waals surface area (Å²) in [4.78, 5) is 29.2. The van der Waals surface area contributed by atoms with Gasteiger partial charge in [-0.15, -0.1) is 0 Å². The average Bonchev–Trinajstić information content (AvgIpc) is 2.84. The molecule has 0 fully saturated rings. The lowest BCUT2D eigenvalue weighted by Crippen LogP contribution is -2.56. The van der Waals surface area contributed by atoms with Crippen LogP contribution in [0.15, 0.2) is 83.3 Å². The summed E-state index contributed by atoms with van der Waals surface area (Å²) in [5, 5.41) is 3.20. The van der Waals surface area contributed by atoms with E-state index in [9.17, 15) is 18.0 Å². The molecule has 1 unspecified atom stereocenters. The number of hydrogen-bond acceptors (Lipinski definition) is 4. The van der Waals surface area contributed by atoms with Gasteiger partial charge in [-0.2, -0.15) is 0 Å². The van der Waals surface area contributed by atoms with E-state index in [0.717, 1.165) is 26.2 Å². The van der Waals surface area contributed by atoms with Crippen molar-refractivity contribution in [2.75, 3.05) is 17.1 Å². The van der Waals surface area contributed by atoms with Gasteiger partial charge < -0.3 is 10.2 Å². The van der Waals surface area contributed by atoms with E-state index < -0.39 is 34.1 Å². The number of carbonyl (C=O) groups excluding carboxylic acids is 2. The van der Waals surface area contributed by atoms with Crippen molar-refractivity contribution in [1.29, 1.82) is 0 Å². The van der Waals surface area contributed by atoms with E-state index in [1.165, 1.54) is 4.90 Å². The van der Waals surface area contributed by atoms with Crippen molar-refractivity contribution < 1.29 is 18.0 Å². The number of nitrogens with zero attached hydrogens (tertiary/aromatic N) is 2. The second-order valence-corrected chi connectivity index (χ2v) is 13.5. The molecule has 0 aromatic heterocycles. The number of nitrogens with one attached hydrogen (secondary N) is 1. The first-order valence-electron chi connectivity index (χ1n) is 12.4. The number of anilines is 1. The molecule has 0 bridgehead atoms. The summed E-state index contributed by atoms with van der Waals surface area (Å²) in [6, 6.07) is 22.4. The fourth-order valence-corrected chi connectivity index (χ4v) is 5.68. The van der Waals surface area contributed by atoms with Gasteiger partial charge in [-0.05, 0) is 56.2 Å². The predicted molar refractivity (Wildman–Crippen MR) is 160 cm³/mol. The van der Waals surface area contributed by atoms with Gasteiger partial charge in [0.1, 0.15) is 12.6 Å². The van der Waals surface area contributed by atoms with Gasteiger partial charge in [0.15, 0.2) is 0 Å². The lowest BCUT2D eigenvalue weighted by Gasteiger charge is -2.35. The Hall–Kier alpha value is -2.88.